The molecular weight excluding hydrogens is 268 g/mol. The molecule has 20 heavy (non-hydrogen) atoms. The molecule has 2 rings (SSSR count). The Hall–Kier alpha value is -0.710. The van der Waals surface area contributed by atoms with Crippen LogP contribution >= 0.6 is 11.8 Å². The minimum absolute atomic E-state index is 0.585. The molecule has 0 aliphatic carbocycles. The molecule has 1 atom stereocenters. The Morgan fingerprint density at radius 1 is 1.25 bits per heavy atom. The van der Waals surface area contributed by atoms with E-state index in [1.807, 2.05) is 11.8 Å². The van der Waals surface area contributed by atoms with Crippen molar-refractivity contribution in [1.82, 2.24) is 5.32 Å². The Bertz CT molecular complexity index is 377. The number of hydrogen-bond acceptors (Lipinski definition) is 4. The maximum absolute atomic E-state index is 5.39. The topological polar surface area (TPSA) is 24.5 Å². The van der Waals surface area contributed by atoms with Crippen molar-refractivity contribution in [3.8, 4) is 0 Å². The van der Waals surface area contributed by atoms with Gasteiger partial charge in [-0.05, 0) is 43.0 Å². The van der Waals surface area contributed by atoms with Gasteiger partial charge in [-0.15, -0.1) is 0 Å². The van der Waals surface area contributed by atoms with E-state index in [1.165, 1.54) is 23.4 Å². The summed E-state index contributed by atoms with van der Waals surface area (Å²) in [5.41, 5.74) is 2.67. The van der Waals surface area contributed by atoms with Crippen LogP contribution in [0.25, 0.3) is 0 Å². The molecule has 1 fully saturated rings. The Kier molecular flexibility index (Phi) is 6.70. The van der Waals surface area contributed by atoms with E-state index in [0.29, 0.717) is 6.04 Å². The van der Waals surface area contributed by atoms with Crippen LogP contribution in [0.2, 0.25) is 0 Å². The smallest absolute Gasteiger partial charge is 0.0642 e. The first-order valence-electron chi connectivity index (χ1n) is 7.43. The van der Waals surface area contributed by atoms with E-state index in [1.54, 1.807) is 0 Å². The monoisotopic (exact) mass is 294 g/mol. The van der Waals surface area contributed by atoms with Crippen LogP contribution < -0.4 is 10.2 Å². The number of thioether (sulfide) groups is 1. The molecule has 0 spiro atoms. The SMILES string of the molecule is CSCCC(C)NCc1ccc(N2CCOCC2)cc1. The molecule has 0 radical (unpaired) electrons. The summed E-state index contributed by atoms with van der Waals surface area (Å²) in [6.07, 6.45) is 3.39. The highest BCUT2D eigenvalue weighted by atomic mass is 32.2. The van der Waals surface area contributed by atoms with Gasteiger partial charge in [-0.25, -0.2) is 0 Å². The molecule has 0 bridgehead atoms. The number of nitrogens with one attached hydrogen (secondary N) is 1. The summed E-state index contributed by atoms with van der Waals surface area (Å²) in [4.78, 5) is 2.39. The molecule has 1 aliphatic heterocycles. The first-order chi connectivity index (χ1) is 9.79. The van der Waals surface area contributed by atoms with Crippen molar-refractivity contribution in [2.45, 2.75) is 25.9 Å². The van der Waals surface area contributed by atoms with Crippen LogP contribution in [0.4, 0.5) is 5.69 Å². The third-order valence-electron chi connectivity index (χ3n) is 3.72. The highest BCUT2D eigenvalue weighted by Gasteiger charge is 2.10. The molecule has 1 heterocycles. The fraction of sp³-hybridized carbons (Fsp3) is 0.625. The lowest BCUT2D eigenvalue weighted by Crippen LogP contribution is -2.36. The molecule has 3 nitrogen and oxygen atoms in total. The summed E-state index contributed by atoms with van der Waals surface area (Å²) >= 11 is 1.91. The van der Waals surface area contributed by atoms with Gasteiger partial charge in [0.2, 0.25) is 0 Å². The summed E-state index contributed by atoms with van der Waals surface area (Å²) in [5, 5.41) is 3.59. The van der Waals surface area contributed by atoms with Crippen LogP contribution in [0.3, 0.4) is 0 Å². The summed E-state index contributed by atoms with van der Waals surface area (Å²) in [6, 6.07) is 9.52. The molecule has 0 aromatic heterocycles. The van der Waals surface area contributed by atoms with Gasteiger partial charge >= 0.3 is 0 Å². The molecule has 4 heteroatoms. The van der Waals surface area contributed by atoms with E-state index in [0.717, 1.165) is 32.8 Å². The molecule has 1 saturated heterocycles. The quantitative estimate of drug-likeness (QED) is 0.836. The maximum Gasteiger partial charge on any atom is 0.0642 e. The fourth-order valence-electron chi connectivity index (χ4n) is 2.33. The van der Waals surface area contributed by atoms with Crippen molar-refractivity contribution in [3.05, 3.63) is 29.8 Å². The third-order valence-corrected chi connectivity index (χ3v) is 4.37. The van der Waals surface area contributed by atoms with Gasteiger partial charge in [-0.3, -0.25) is 0 Å². The van der Waals surface area contributed by atoms with Gasteiger partial charge in [0.15, 0.2) is 0 Å². The molecular formula is C16H26N2OS. The number of benzene rings is 1. The zero-order valence-electron chi connectivity index (χ0n) is 12.6. The summed E-state index contributed by atoms with van der Waals surface area (Å²) < 4.78 is 5.39. The van der Waals surface area contributed by atoms with E-state index in [4.69, 9.17) is 4.74 Å². The Labute approximate surface area is 127 Å². The van der Waals surface area contributed by atoms with Crippen LogP contribution in [-0.2, 0) is 11.3 Å². The first-order valence-corrected chi connectivity index (χ1v) is 8.83. The van der Waals surface area contributed by atoms with Crippen LogP contribution in [0.15, 0.2) is 24.3 Å². The van der Waals surface area contributed by atoms with Gasteiger partial charge in [-0.1, -0.05) is 12.1 Å². The second-order valence-electron chi connectivity index (χ2n) is 5.33. The van der Waals surface area contributed by atoms with Gasteiger partial charge in [0.05, 0.1) is 13.2 Å². The number of rotatable bonds is 7. The highest BCUT2D eigenvalue weighted by molar-refractivity contribution is 7.98. The summed E-state index contributed by atoms with van der Waals surface area (Å²) in [5.74, 6) is 1.23. The molecule has 1 N–H and O–H groups in total. The summed E-state index contributed by atoms with van der Waals surface area (Å²) in [7, 11) is 0. The molecule has 1 aliphatic rings. The summed E-state index contributed by atoms with van der Waals surface area (Å²) in [6.45, 7) is 6.91. The lowest BCUT2D eigenvalue weighted by atomic mass is 10.1. The predicted octanol–water partition coefficient (Wildman–Crippen LogP) is 2.75. The Morgan fingerprint density at radius 3 is 2.60 bits per heavy atom. The number of nitrogens with zero attached hydrogens (tertiary/aromatic N) is 1. The van der Waals surface area contributed by atoms with E-state index < -0.39 is 0 Å². The van der Waals surface area contributed by atoms with Gasteiger partial charge in [0.1, 0.15) is 0 Å². The molecule has 1 aromatic rings. The van der Waals surface area contributed by atoms with Crippen molar-refractivity contribution >= 4 is 17.4 Å². The van der Waals surface area contributed by atoms with Gasteiger partial charge in [0, 0.05) is 31.4 Å². The Balaban J connectivity index is 1.79. The second kappa shape index (κ2) is 8.55. The predicted molar refractivity (Wildman–Crippen MR) is 88.8 cm³/mol. The zero-order chi connectivity index (χ0) is 14.2. The number of morpholine rings is 1. The van der Waals surface area contributed by atoms with Crippen LogP contribution in [0.1, 0.15) is 18.9 Å². The number of anilines is 1. The van der Waals surface area contributed by atoms with Crippen molar-refractivity contribution in [1.29, 1.82) is 0 Å². The molecule has 1 aromatic carbocycles. The lowest BCUT2D eigenvalue weighted by molar-refractivity contribution is 0.122. The lowest BCUT2D eigenvalue weighted by Gasteiger charge is -2.29. The molecule has 112 valence electrons. The van der Waals surface area contributed by atoms with Gasteiger partial charge in [-0.2, -0.15) is 11.8 Å². The van der Waals surface area contributed by atoms with Crippen molar-refractivity contribution < 1.29 is 4.74 Å². The average Bonchev–Trinajstić information content (AvgIpc) is 2.52. The van der Waals surface area contributed by atoms with E-state index >= 15 is 0 Å². The van der Waals surface area contributed by atoms with Crippen LogP contribution in [0.5, 0.6) is 0 Å². The highest BCUT2D eigenvalue weighted by Crippen LogP contribution is 2.16. The minimum atomic E-state index is 0.585. The fourth-order valence-corrected chi connectivity index (χ4v) is 2.92. The van der Waals surface area contributed by atoms with Crippen molar-refractivity contribution in [2.24, 2.45) is 0 Å². The van der Waals surface area contributed by atoms with Crippen molar-refractivity contribution in [3.63, 3.8) is 0 Å². The van der Waals surface area contributed by atoms with E-state index in [9.17, 15) is 0 Å². The Morgan fingerprint density at radius 2 is 1.95 bits per heavy atom. The molecule has 0 saturated carbocycles. The van der Waals surface area contributed by atoms with E-state index in [2.05, 4.69) is 47.7 Å². The zero-order valence-corrected chi connectivity index (χ0v) is 13.4. The number of hydrogen-bond donors (Lipinski definition) is 1. The molecule has 1 unspecified atom stereocenters. The average molecular weight is 294 g/mol. The van der Waals surface area contributed by atoms with Crippen LogP contribution in [0, 0.1) is 0 Å². The number of ether oxygens (including phenoxy) is 1. The largest absolute Gasteiger partial charge is 0.378 e. The third kappa shape index (κ3) is 5.00. The van der Waals surface area contributed by atoms with E-state index in [-0.39, 0.29) is 0 Å². The first kappa shape index (κ1) is 15.7. The normalized spacial score (nSPS) is 17.2. The standard InChI is InChI=1S/C16H26N2OS/c1-14(7-12-20-2)17-13-15-3-5-16(6-4-15)18-8-10-19-11-9-18/h3-6,14,17H,7-13H2,1-2H3. The maximum atomic E-state index is 5.39. The molecule has 0 amide bonds. The van der Waals surface area contributed by atoms with Gasteiger partial charge in [0.25, 0.3) is 0 Å². The van der Waals surface area contributed by atoms with Crippen LogP contribution in [-0.4, -0.2) is 44.4 Å². The van der Waals surface area contributed by atoms with Crippen molar-refractivity contribution in [2.75, 3.05) is 43.2 Å². The minimum Gasteiger partial charge on any atom is -0.378 e. The van der Waals surface area contributed by atoms with Gasteiger partial charge < -0.3 is 15.0 Å². The second-order valence-corrected chi connectivity index (χ2v) is 6.31.